The van der Waals surface area contributed by atoms with E-state index in [0.717, 1.165) is 5.56 Å². The smallest absolute Gasteiger partial charge is 0.317 e. The third-order valence-corrected chi connectivity index (χ3v) is 5.74. The zero-order valence-electron chi connectivity index (χ0n) is 21.6. The fourth-order valence-corrected chi connectivity index (χ4v) is 3.76. The number of benzene rings is 1. The molecule has 0 aliphatic carbocycles. The molecule has 2 aliphatic rings. The Morgan fingerprint density at radius 1 is 1.19 bits per heavy atom. The molecule has 2 fully saturated rings. The first-order valence-corrected chi connectivity index (χ1v) is 12.5. The first-order chi connectivity index (χ1) is 17.3. The number of aliphatic hydroxyl groups excluding tert-OH is 1. The van der Waals surface area contributed by atoms with Gasteiger partial charge in [0.05, 0.1) is 19.8 Å². The van der Waals surface area contributed by atoms with Gasteiger partial charge in [-0.3, -0.25) is 4.79 Å². The average molecular weight is 546 g/mol. The van der Waals surface area contributed by atoms with E-state index in [2.05, 4.69) is 10.6 Å². The number of halogens is 1. The second-order valence-electron chi connectivity index (χ2n) is 9.28. The Morgan fingerprint density at radius 3 is 2.59 bits per heavy atom. The first-order valence-electron chi connectivity index (χ1n) is 12.5. The maximum absolute atomic E-state index is 12.0. The van der Waals surface area contributed by atoms with Gasteiger partial charge >= 0.3 is 12.0 Å². The van der Waals surface area contributed by atoms with Gasteiger partial charge in [0.25, 0.3) is 0 Å². The minimum Gasteiger partial charge on any atom is -0.491 e. The molecule has 0 spiro atoms. The zero-order valence-corrected chi connectivity index (χ0v) is 22.4. The molecule has 11 nitrogen and oxygen atoms in total. The topological polar surface area (TPSA) is 128 Å². The number of amides is 2. The highest BCUT2D eigenvalue weighted by Crippen LogP contribution is 2.22. The highest BCUT2D eigenvalue weighted by atomic mass is 35.5. The van der Waals surface area contributed by atoms with Crippen molar-refractivity contribution in [2.75, 3.05) is 65.8 Å². The number of esters is 1. The van der Waals surface area contributed by atoms with Crippen LogP contribution in [0.3, 0.4) is 0 Å². The highest BCUT2D eigenvalue weighted by molar-refractivity contribution is 5.85. The monoisotopic (exact) mass is 545 g/mol. The summed E-state index contributed by atoms with van der Waals surface area (Å²) in [6, 6.07) is 7.31. The number of nitrogens with zero attached hydrogens (tertiary/aromatic N) is 1. The number of nitrogens with one attached hydrogen (secondary N) is 2. The normalized spacial score (nSPS) is 19.5. The summed E-state index contributed by atoms with van der Waals surface area (Å²) < 4.78 is 27.2. The third-order valence-electron chi connectivity index (χ3n) is 5.74. The number of carbonyl (C=O) groups is 2. The number of ether oxygens (including phenoxy) is 5. The van der Waals surface area contributed by atoms with Gasteiger partial charge in [0, 0.05) is 39.1 Å². The van der Waals surface area contributed by atoms with Crippen LogP contribution < -0.4 is 15.4 Å². The van der Waals surface area contributed by atoms with Gasteiger partial charge in [0.2, 0.25) is 0 Å². The molecule has 0 saturated carbocycles. The summed E-state index contributed by atoms with van der Waals surface area (Å²) >= 11 is 0. The summed E-state index contributed by atoms with van der Waals surface area (Å²) in [4.78, 5) is 25.7. The quantitative estimate of drug-likeness (QED) is 0.247. The van der Waals surface area contributed by atoms with E-state index in [9.17, 15) is 14.7 Å². The molecule has 210 valence electrons. The minimum absolute atomic E-state index is 0. The summed E-state index contributed by atoms with van der Waals surface area (Å²) in [6.07, 6.45) is -0.0863. The van der Waals surface area contributed by atoms with Crippen LogP contribution in [0.1, 0.15) is 25.8 Å². The first kappa shape index (κ1) is 31.1. The van der Waals surface area contributed by atoms with Crippen LogP contribution in [0.15, 0.2) is 24.3 Å². The molecule has 2 amide bonds. The number of hydrogen-bond donors (Lipinski definition) is 3. The lowest BCUT2D eigenvalue weighted by Gasteiger charge is -2.27. The highest BCUT2D eigenvalue weighted by Gasteiger charge is 2.33. The van der Waals surface area contributed by atoms with Gasteiger partial charge in [-0.15, -0.1) is 12.4 Å². The van der Waals surface area contributed by atoms with Crippen molar-refractivity contribution in [3.8, 4) is 5.75 Å². The van der Waals surface area contributed by atoms with Crippen molar-refractivity contribution in [1.82, 2.24) is 15.5 Å². The van der Waals surface area contributed by atoms with Crippen molar-refractivity contribution in [3.05, 3.63) is 29.8 Å². The molecule has 37 heavy (non-hydrogen) atoms. The van der Waals surface area contributed by atoms with Crippen molar-refractivity contribution in [3.63, 3.8) is 0 Å². The van der Waals surface area contributed by atoms with E-state index in [1.165, 1.54) is 0 Å². The van der Waals surface area contributed by atoms with Crippen molar-refractivity contribution in [2.24, 2.45) is 0 Å². The van der Waals surface area contributed by atoms with Crippen LogP contribution in [-0.4, -0.2) is 106 Å². The Kier molecular flexibility index (Phi) is 13.4. The van der Waals surface area contributed by atoms with Crippen molar-refractivity contribution in [2.45, 2.75) is 44.7 Å². The summed E-state index contributed by atoms with van der Waals surface area (Å²) in [5.74, 6) is -0.269. The van der Waals surface area contributed by atoms with Gasteiger partial charge in [0.15, 0.2) is 5.79 Å². The Balaban J connectivity index is 0.00000481. The number of hydrogen-bond acceptors (Lipinski definition) is 9. The van der Waals surface area contributed by atoms with Gasteiger partial charge in [0.1, 0.15) is 31.2 Å². The summed E-state index contributed by atoms with van der Waals surface area (Å²) in [6.45, 7) is 8.13. The third kappa shape index (κ3) is 11.8. The molecular weight excluding hydrogens is 506 g/mol. The van der Waals surface area contributed by atoms with Gasteiger partial charge in [-0.1, -0.05) is 12.1 Å². The van der Waals surface area contributed by atoms with Crippen LogP contribution in [0.25, 0.3) is 0 Å². The molecule has 1 aromatic carbocycles. The minimum atomic E-state index is -0.686. The van der Waals surface area contributed by atoms with Crippen LogP contribution in [0.5, 0.6) is 5.75 Å². The molecule has 0 aromatic heterocycles. The molecule has 2 heterocycles. The predicted molar refractivity (Wildman–Crippen MR) is 138 cm³/mol. The van der Waals surface area contributed by atoms with E-state index in [4.69, 9.17) is 23.7 Å². The van der Waals surface area contributed by atoms with Gasteiger partial charge in [-0.05, 0) is 38.0 Å². The Bertz CT molecular complexity index is 821. The SMILES string of the molecule is CC1(C)OCC(COC(=O)CCc2ccc(OCC(O)CNCCNC(=O)N3CCOCC3)cc2)O1.Cl. The van der Waals surface area contributed by atoms with Crippen molar-refractivity contribution >= 4 is 24.4 Å². The lowest BCUT2D eigenvalue weighted by molar-refractivity contribution is -0.158. The molecule has 2 unspecified atom stereocenters. The van der Waals surface area contributed by atoms with E-state index in [1.807, 2.05) is 38.1 Å². The Labute approximate surface area is 224 Å². The maximum atomic E-state index is 12.0. The fourth-order valence-electron chi connectivity index (χ4n) is 3.76. The molecule has 2 saturated heterocycles. The lowest BCUT2D eigenvalue weighted by Crippen LogP contribution is -2.47. The van der Waals surface area contributed by atoms with Crippen molar-refractivity contribution in [1.29, 1.82) is 0 Å². The lowest BCUT2D eigenvalue weighted by atomic mass is 10.1. The summed E-state index contributed by atoms with van der Waals surface area (Å²) in [5, 5.41) is 16.1. The standard InChI is InChI=1S/C25H39N3O8.ClH/c1-25(2)35-18-22(36-25)17-34-23(30)8-5-19-3-6-21(7-4-19)33-16-20(29)15-26-9-10-27-24(31)28-11-13-32-14-12-28;/h3-4,6-7,20,22,26,29H,5,8-18H2,1-2H3,(H,27,31);1H. The molecule has 0 radical (unpaired) electrons. The second-order valence-corrected chi connectivity index (χ2v) is 9.28. The van der Waals surface area contributed by atoms with Crippen LogP contribution in [0, 0.1) is 0 Å². The largest absolute Gasteiger partial charge is 0.491 e. The fraction of sp³-hybridized carbons (Fsp3) is 0.680. The Hall–Kier alpha value is -2.15. The summed E-state index contributed by atoms with van der Waals surface area (Å²) in [5.41, 5.74) is 0.988. The van der Waals surface area contributed by atoms with Crippen molar-refractivity contribution < 1.29 is 38.4 Å². The summed E-state index contributed by atoms with van der Waals surface area (Å²) in [7, 11) is 0. The molecular formula is C25H40ClN3O8. The van der Waals surface area contributed by atoms with Crippen LogP contribution >= 0.6 is 12.4 Å². The molecule has 3 N–H and O–H groups in total. The number of rotatable bonds is 13. The Morgan fingerprint density at radius 2 is 1.92 bits per heavy atom. The van der Waals surface area contributed by atoms with Crippen LogP contribution in [0.4, 0.5) is 4.79 Å². The number of aryl methyl sites for hydroxylation is 1. The number of morpholine rings is 1. The molecule has 12 heteroatoms. The van der Waals surface area contributed by atoms with E-state index in [-0.39, 0.29) is 50.1 Å². The molecule has 3 rings (SSSR count). The van der Waals surface area contributed by atoms with Gasteiger partial charge < -0.3 is 44.3 Å². The number of aliphatic hydroxyl groups is 1. The van der Waals surface area contributed by atoms with Gasteiger partial charge in [-0.25, -0.2) is 4.79 Å². The molecule has 2 atom stereocenters. The predicted octanol–water partition coefficient (Wildman–Crippen LogP) is 1.11. The second kappa shape index (κ2) is 16.0. The average Bonchev–Trinajstić information content (AvgIpc) is 3.24. The number of carbonyl (C=O) groups excluding carboxylic acids is 2. The van der Waals surface area contributed by atoms with E-state index in [0.29, 0.717) is 64.7 Å². The molecule has 1 aromatic rings. The molecule has 2 aliphatic heterocycles. The number of urea groups is 1. The zero-order chi connectivity index (χ0) is 25.8. The van der Waals surface area contributed by atoms with E-state index < -0.39 is 11.9 Å². The van der Waals surface area contributed by atoms with E-state index >= 15 is 0 Å². The van der Waals surface area contributed by atoms with E-state index in [1.54, 1.807) is 4.90 Å². The maximum Gasteiger partial charge on any atom is 0.317 e. The van der Waals surface area contributed by atoms with Crippen LogP contribution in [-0.2, 0) is 30.2 Å². The van der Waals surface area contributed by atoms with Gasteiger partial charge in [-0.2, -0.15) is 0 Å². The molecule has 0 bridgehead atoms. The van der Waals surface area contributed by atoms with Crippen LogP contribution in [0.2, 0.25) is 0 Å².